The van der Waals surface area contributed by atoms with Crippen molar-refractivity contribution < 1.29 is 4.74 Å². The van der Waals surface area contributed by atoms with Gasteiger partial charge in [0.25, 0.3) is 0 Å². The van der Waals surface area contributed by atoms with Gasteiger partial charge in [0, 0.05) is 25.4 Å². The summed E-state index contributed by atoms with van der Waals surface area (Å²) in [7, 11) is 0. The lowest BCUT2D eigenvalue weighted by Gasteiger charge is -2.22. The normalized spacial score (nSPS) is 15.5. The van der Waals surface area contributed by atoms with E-state index in [-0.39, 0.29) is 0 Å². The number of benzene rings is 1. The third-order valence-electron chi connectivity index (χ3n) is 4.89. The summed E-state index contributed by atoms with van der Waals surface area (Å²) in [5, 5.41) is 14.9. The number of hydrogen-bond donors (Lipinski definition) is 2. The summed E-state index contributed by atoms with van der Waals surface area (Å²) in [5.41, 5.74) is 1.04. The van der Waals surface area contributed by atoms with Crippen LogP contribution in [-0.4, -0.2) is 46.5 Å². The molecule has 28 heavy (non-hydrogen) atoms. The highest BCUT2D eigenvalue weighted by Crippen LogP contribution is 2.20. The van der Waals surface area contributed by atoms with Gasteiger partial charge in [0.2, 0.25) is 0 Å². The van der Waals surface area contributed by atoms with E-state index in [9.17, 15) is 0 Å². The second-order valence-electron chi connectivity index (χ2n) is 7.06. The van der Waals surface area contributed by atoms with Gasteiger partial charge in [-0.2, -0.15) is 0 Å². The van der Waals surface area contributed by atoms with Crippen molar-refractivity contribution in [2.24, 2.45) is 4.99 Å². The van der Waals surface area contributed by atoms with E-state index in [4.69, 9.17) is 4.74 Å². The molecule has 7 nitrogen and oxygen atoms in total. The van der Waals surface area contributed by atoms with E-state index in [1.165, 1.54) is 32.1 Å². The van der Waals surface area contributed by atoms with Crippen LogP contribution in [0.1, 0.15) is 51.3 Å². The Morgan fingerprint density at radius 3 is 2.79 bits per heavy atom. The lowest BCUT2D eigenvalue weighted by molar-refractivity contribution is 0.0277. The molecule has 0 spiro atoms. The maximum Gasteiger partial charge on any atom is 0.191 e. The van der Waals surface area contributed by atoms with Crippen LogP contribution >= 0.6 is 0 Å². The van der Waals surface area contributed by atoms with E-state index in [2.05, 4.69) is 32.7 Å². The van der Waals surface area contributed by atoms with Crippen molar-refractivity contribution in [2.45, 2.75) is 58.1 Å². The Hall–Kier alpha value is -2.41. The maximum atomic E-state index is 5.99. The Morgan fingerprint density at radius 2 is 2.00 bits per heavy atom. The van der Waals surface area contributed by atoms with Gasteiger partial charge in [0.15, 0.2) is 11.8 Å². The van der Waals surface area contributed by atoms with Gasteiger partial charge < -0.3 is 15.4 Å². The van der Waals surface area contributed by atoms with E-state index in [1.807, 2.05) is 34.9 Å². The van der Waals surface area contributed by atoms with E-state index < -0.39 is 0 Å². The molecular formula is C21H32N6O. The highest BCUT2D eigenvalue weighted by molar-refractivity contribution is 5.79. The molecule has 0 amide bonds. The van der Waals surface area contributed by atoms with Crippen LogP contribution in [0.15, 0.2) is 41.7 Å². The third kappa shape index (κ3) is 6.34. The topological polar surface area (TPSA) is 76.4 Å². The van der Waals surface area contributed by atoms with Gasteiger partial charge in [0.05, 0.1) is 6.10 Å². The van der Waals surface area contributed by atoms with Crippen molar-refractivity contribution in [1.82, 2.24) is 25.4 Å². The minimum Gasteiger partial charge on any atom is -0.378 e. The smallest absolute Gasteiger partial charge is 0.191 e. The molecular weight excluding hydrogens is 352 g/mol. The van der Waals surface area contributed by atoms with E-state index in [0.717, 1.165) is 43.6 Å². The van der Waals surface area contributed by atoms with Crippen LogP contribution in [0.3, 0.4) is 0 Å². The van der Waals surface area contributed by atoms with Gasteiger partial charge in [-0.3, -0.25) is 4.57 Å². The minimum absolute atomic E-state index is 0.461. The zero-order chi connectivity index (χ0) is 19.4. The second-order valence-corrected chi connectivity index (χ2v) is 7.06. The first-order valence-electron chi connectivity index (χ1n) is 10.4. The summed E-state index contributed by atoms with van der Waals surface area (Å²) >= 11 is 0. The lowest BCUT2D eigenvalue weighted by Crippen LogP contribution is -2.38. The first-order valence-corrected chi connectivity index (χ1v) is 10.4. The molecule has 0 aliphatic heterocycles. The summed E-state index contributed by atoms with van der Waals surface area (Å²) in [5.74, 6) is 1.60. The molecule has 1 fully saturated rings. The molecule has 0 saturated heterocycles. The van der Waals surface area contributed by atoms with Crippen LogP contribution in [-0.2, 0) is 11.3 Å². The number of aliphatic imine (C=N–C) groups is 1. The predicted octanol–water partition coefficient (Wildman–Crippen LogP) is 3.06. The van der Waals surface area contributed by atoms with Gasteiger partial charge in [-0.05, 0) is 38.3 Å². The van der Waals surface area contributed by atoms with Crippen molar-refractivity contribution >= 4 is 5.96 Å². The van der Waals surface area contributed by atoms with Crippen molar-refractivity contribution in [3.05, 3.63) is 42.5 Å². The quantitative estimate of drug-likeness (QED) is 0.395. The summed E-state index contributed by atoms with van der Waals surface area (Å²) in [4.78, 5) is 4.66. The number of nitrogens with one attached hydrogen (secondary N) is 2. The summed E-state index contributed by atoms with van der Waals surface area (Å²) in [6.07, 6.45) is 9.60. The van der Waals surface area contributed by atoms with E-state index in [0.29, 0.717) is 12.6 Å². The molecule has 1 heterocycles. The number of para-hydroxylation sites is 1. The molecule has 7 heteroatoms. The van der Waals surface area contributed by atoms with E-state index in [1.54, 1.807) is 6.33 Å². The maximum absolute atomic E-state index is 5.99. The number of ether oxygens (including phenoxy) is 1. The molecule has 0 unspecified atom stereocenters. The first kappa shape index (κ1) is 20.3. The molecule has 0 radical (unpaired) electrons. The number of rotatable bonds is 9. The number of guanidine groups is 1. The van der Waals surface area contributed by atoms with E-state index >= 15 is 0 Å². The predicted molar refractivity (Wildman–Crippen MR) is 112 cm³/mol. The highest BCUT2D eigenvalue weighted by atomic mass is 16.5. The van der Waals surface area contributed by atoms with Gasteiger partial charge >= 0.3 is 0 Å². The third-order valence-corrected chi connectivity index (χ3v) is 4.89. The van der Waals surface area contributed by atoms with Crippen molar-refractivity contribution in [2.75, 3.05) is 19.7 Å². The van der Waals surface area contributed by atoms with Gasteiger partial charge in [0.1, 0.15) is 12.9 Å². The molecule has 1 aromatic carbocycles. The number of nitrogens with zero attached hydrogens (tertiary/aromatic N) is 4. The molecule has 1 aromatic heterocycles. The fraction of sp³-hybridized carbons (Fsp3) is 0.571. The van der Waals surface area contributed by atoms with Crippen LogP contribution in [0, 0.1) is 0 Å². The number of hydrogen-bond acceptors (Lipinski definition) is 4. The Labute approximate surface area is 167 Å². The largest absolute Gasteiger partial charge is 0.378 e. The summed E-state index contributed by atoms with van der Waals surface area (Å²) < 4.78 is 7.95. The molecule has 0 bridgehead atoms. The highest BCUT2D eigenvalue weighted by Gasteiger charge is 2.13. The summed E-state index contributed by atoms with van der Waals surface area (Å²) in [6.45, 7) is 4.98. The molecule has 1 aliphatic rings. The van der Waals surface area contributed by atoms with Crippen LogP contribution in [0.4, 0.5) is 0 Å². The zero-order valence-electron chi connectivity index (χ0n) is 16.8. The SMILES string of the molecule is CCNC(=NCc1nncn1-c1ccccc1)NCCCOC1CCCCC1. The standard InChI is InChI=1S/C21H32N6O/c1-2-22-21(23-14-9-15-28-19-12-7-4-8-13-19)24-16-20-26-25-17-27(20)18-10-5-3-6-11-18/h3,5-6,10-11,17,19H,2,4,7-9,12-16H2,1H3,(H2,22,23,24). The fourth-order valence-corrected chi connectivity index (χ4v) is 3.42. The van der Waals surface area contributed by atoms with Gasteiger partial charge in [-0.25, -0.2) is 4.99 Å². The Balaban J connectivity index is 1.46. The van der Waals surface area contributed by atoms with Crippen molar-refractivity contribution in [1.29, 1.82) is 0 Å². The molecule has 3 rings (SSSR count). The second kappa shape index (κ2) is 11.4. The molecule has 1 saturated carbocycles. The molecule has 1 aliphatic carbocycles. The average Bonchev–Trinajstić information content (AvgIpc) is 3.22. The lowest BCUT2D eigenvalue weighted by atomic mass is 9.98. The van der Waals surface area contributed by atoms with Crippen LogP contribution < -0.4 is 10.6 Å². The number of aromatic nitrogens is 3. The summed E-state index contributed by atoms with van der Waals surface area (Å²) in [6, 6.07) is 10.1. The first-order chi connectivity index (χ1) is 13.9. The molecule has 0 atom stereocenters. The monoisotopic (exact) mass is 384 g/mol. The van der Waals surface area contributed by atoms with Crippen molar-refractivity contribution in [3.8, 4) is 5.69 Å². The Morgan fingerprint density at radius 1 is 1.18 bits per heavy atom. The van der Waals surface area contributed by atoms with Gasteiger partial charge in [-0.1, -0.05) is 37.5 Å². The Bertz CT molecular complexity index is 709. The minimum atomic E-state index is 0.461. The average molecular weight is 385 g/mol. The van der Waals surface area contributed by atoms with Gasteiger partial charge in [-0.15, -0.1) is 10.2 Å². The van der Waals surface area contributed by atoms with Crippen molar-refractivity contribution in [3.63, 3.8) is 0 Å². The molecule has 2 N–H and O–H groups in total. The van der Waals surface area contributed by atoms with Crippen LogP contribution in [0.25, 0.3) is 5.69 Å². The Kier molecular flexibility index (Phi) is 8.30. The molecule has 152 valence electrons. The van der Waals surface area contributed by atoms with Crippen LogP contribution in [0.2, 0.25) is 0 Å². The zero-order valence-corrected chi connectivity index (χ0v) is 16.8. The fourth-order valence-electron chi connectivity index (χ4n) is 3.42. The van der Waals surface area contributed by atoms with Crippen LogP contribution in [0.5, 0.6) is 0 Å². The molecule has 2 aromatic rings.